The standard InChI is InChI=1S/C18H19N5O4/c1-21(2)17(24)22(3)10-13-9-16(20-11-19-13)27-14-4-5-15-12(8-14)6-7-23(15)18(25)26/h4-9,11H,10H2,1-3H3,(H,25,26). The lowest BCUT2D eigenvalue weighted by Gasteiger charge is -2.21. The van der Waals surface area contributed by atoms with Gasteiger partial charge in [-0.05, 0) is 24.3 Å². The highest BCUT2D eigenvalue weighted by molar-refractivity contribution is 5.89. The van der Waals surface area contributed by atoms with Crippen LogP contribution in [-0.2, 0) is 6.54 Å². The maximum absolute atomic E-state index is 11.9. The second-order valence-electron chi connectivity index (χ2n) is 6.17. The molecule has 0 unspecified atom stereocenters. The first-order valence-corrected chi connectivity index (χ1v) is 8.11. The number of carbonyl (C=O) groups excluding carboxylic acids is 1. The molecular weight excluding hydrogens is 350 g/mol. The van der Waals surface area contributed by atoms with E-state index in [1.165, 1.54) is 22.3 Å². The summed E-state index contributed by atoms with van der Waals surface area (Å²) in [5, 5.41) is 9.87. The van der Waals surface area contributed by atoms with Crippen molar-refractivity contribution in [2.45, 2.75) is 6.54 Å². The molecule has 0 spiro atoms. The molecule has 2 heterocycles. The first-order valence-electron chi connectivity index (χ1n) is 8.11. The number of rotatable bonds is 4. The molecule has 3 rings (SSSR count). The number of carboxylic acid groups (broad SMARTS) is 1. The van der Waals surface area contributed by atoms with Gasteiger partial charge < -0.3 is 19.6 Å². The molecule has 0 fully saturated rings. The summed E-state index contributed by atoms with van der Waals surface area (Å²) < 4.78 is 6.90. The van der Waals surface area contributed by atoms with Crippen molar-refractivity contribution in [3.63, 3.8) is 0 Å². The smallest absolute Gasteiger partial charge is 0.415 e. The maximum Gasteiger partial charge on any atom is 0.415 e. The van der Waals surface area contributed by atoms with E-state index in [-0.39, 0.29) is 6.03 Å². The van der Waals surface area contributed by atoms with Gasteiger partial charge in [-0.25, -0.2) is 19.6 Å². The largest absolute Gasteiger partial charge is 0.464 e. The second-order valence-corrected chi connectivity index (χ2v) is 6.17. The number of urea groups is 1. The zero-order valence-corrected chi connectivity index (χ0v) is 15.2. The van der Waals surface area contributed by atoms with Crippen molar-refractivity contribution >= 4 is 23.0 Å². The van der Waals surface area contributed by atoms with E-state index in [1.54, 1.807) is 51.5 Å². The highest BCUT2D eigenvalue weighted by Crippen LogP contribution is 2.25. The monoisotopic (exact) mass is 369 g/mol. The molecule has 0 saturated carbocycles. The molecule has 140 valence electrons. The zero-order chi connectivity index (χ0) is 19.6. The molecule has 0 saturated heterocycles. The Morgan fingerprint density at radius 1 is 1.15 bits per heavy atom. The fourth-order valence-corrected chi connectivity index (χ4v) is 2.64. The van der Waals surface area contributed by atoms with E-state index < -0.39 is 6.09 Å². The van der Waals surface area contributed by atoms with Crippen molar-refractivity contribution in [1.29, 1.82) is 0 Å². The molecule has 0 aliphatic rings. The van der Waals surface area contributed by atoms with E-state index in [0.29, 0.717) is 29.4 Å². The summed E-state index contributed by atoms with van der Waals surface area (Å²) in [6, 6.07) is 8.30. The number of hydrogen-bond acceptors (Lipinski definition) is 5. The lowest BCUT2D eigenvalue weighted by Crippen LogP contribution is -2.36. The average Bonchev–Trinajstić information content (AvgIpc) is 3.04. The molecule has 0 radical (unpaired) electrons. The first kappa shape index (κ1) is 18.2. The molecule has 9 nitrogen and oxygen atoms in total. The van der Waals surface area contributed by atoms with Gasteiger partial charge in [0.25, 0.3) is 0 Å². The molecule has 1 N–H and O–H groups in total. The zero-order valence-electron chi connectivity index (χ0n) is 15.2. The van der Waals surface area contributed by atoms with Crippen LogP contribution in [0.1, 0.15) is 5.69 Å². The van der Waals surface area contributed by atoms with E-state index in [9.17, 15) is 9.59 Å². The normalized spacial score (nSPS) is 10.6. The summed E-state index contributed by atoms with van der Waals surface area (Å²) in [5.41, 5.74) is 1.21. The quantitative estimate of drug-likeness (QED) is 0.759. The van der Waals surface area contributed by atoms with Crippen molar-refractivity contribution in [2.75, 3.05) is 21.1 Å². The molecule has 2 aromatic heterocycles. The van der Waals surface area contributed by atoms with Gasteiger partial charge >= 0.3 is 12.1 Å². The summed E-state index contributed by atoms with van der Waals surface area (Å²) in [5.74, 6) is 0.857. The minimum Gasteiger partial charge on any atom is -0.464 e. The molecule has 0 aliphatic heterocycles. The van der Waals surface area contributed by atoms with Gasteiger partial charge in [-0.1, -0.05) is 0 Å². The summed E-state index contributed by atoms with van der Waals surface area (Å²) in [6.45, 7) is 0.316. The minimum absolute atomic E-state index is 0.135. The molecule has 0 bridgehead atoms. The van der Waals surface area contributed by atoms with Crippen LogP contribution in [0.5, 0.6) is 11.6 Å². The van der Waals surface area contributed by atoms with Gasteiger partial charge in [-0.3, -0.25) is 4.57 Å². The van der Waals surface area contributed by atoms with Crippen LogP contribution in [0.15, 0.2) is 42.9 Å². The van der Waals surface area contributed by atoms with E-state index in [0.717, 1.165) is 9.95 Å². The topological polar surface area (TPSA) is 101 Å². The molecule has 0 aliphatic carbocycles. The molecule has 1 aromatic carbocycles. The van der Waals surface area contributed by atoms with Crippen molar-refractivity contribution in [1.82, 2.24) is 24.3 Å². The van der Waals surface area contributed by atoms with E-state index in [2.05, 4.69) is 9.97 Å². The molecular formula is C18H19N5O4. The van der Waals surface area contributed by atoms with Gasteiger partial charge in [0.2, 0.25) is 5.88 Å². The summed E-state index contributed by atoms with van der Waals surface area (Å²) in [6.07, 6.45) is 1.81. The number of amides is 2. The van der Waals surface area contributed by atoms with Gasteiger partial charge in [-0.15, -0.1) is 0 Å². The van der Waals surface area contributed by atoms with Crippen LogP contribution in [0.4, 0.5) is 9.59 Å². The predicted molar refractivity (Wildman–Crippen MR) is 98.0 cm³/mol. The van der Waals surface area contributed by atoms with E-state index in [4.69, 9.17) is 9.84 Å². The van der Waals surface area contributed by atoms with Crippen LogP contribution in [0.2, 0.25) is 0 Å². The van der Waals surface area contributed by atoms with Gasteiger partial charge in [0.05, 0.1) is 17.8 Å². The fraction of sp³-hybridized carbons (Fsp3) is 0.222. The molecule has 27 heavy (non-hydrogen) atoms. The van der Waals surface area contributed by atoms with Crippen molar-refractivity contribution < 1.29 is 19.4 Å². The minimum atomic E-state index is -1.05. The maximum atomic E-state index is 11.9. The van der Waals surface area contributed by atoms with Gasteiger partial charge in [-0.2, -0.15) is 0 Å². The fourth-order valence-electron chi connectivity index (χ4n) is 2.64. The summed E-state index contributed by atoms with van der Waals surface area (Å²) >= 11 is 0. The third kappa shape index (κ3) is 3.97. The Morgan fingerprint density at radius 2 is 1.93 bits per heavy atom. The predicted octanol–water partition coefficient (Wildman–Crippen LogP) is 2.86. The van der Waals surface area contributed by atoms with Crippen molar-refractivity contribution in [2.24, 2.45) is 0 Å². The Morgan fingerprint density at radius 3 is 2.63 bits per heavy atom. The molecule has 0 atom stereocenters. The van der Waals surface area contributed by atoms with Crippen LogP contribution in [0.3, 0.4) is 0 Å². The third-order valence-electron chi connectivity index (χ3n) is 3.90. The van der Waals surface area contributed by atoms with Crippen LogP contribution in [0, 0.1) is 0 Å². The first-order chi connectivity index (χ1) is 12.8. The number of carbonyl (C=O) groups is 2. The lowest BCUT2D eigenvalue weighted by molar-refractivity contribution is 0.179. The average molecular weight is 369 g/mol. The lowest BCUT2D eigenvalue weighted by atomic mass is 10.2. The van der Waals surface area contributed by atoms with E-state index >= 15 is 0 Å². The highest BCUT2D eigenvalue weighted by Gasteiger charge is 2.13. The van der Waals surface area contributed by atoms with Crippen LogP contribution < -0.4 is 4.74 Å². The molecule has 9 heteroatoms. The number of ether oxygens (including phenoxy) is 1. The molecule has 3 aromatic rings. The summed E-state index contributed by atoms with van der Waals surface area (Å²) in [7, 11) is 5.05. The van der Waals surface area contributed by atoms with Crippen molar-refractivity contribution in [3.8, 4) is 11.6 Å². The Balaban J connectivity index is 1.77. The Hall–Kier alpha value is -3.62. The number of fused-ring (bicyclic) bond motifs is 1. The van der Waals surface area contributed by atoms with Crippen LogP contribution >= 0.6 is 0 Å². The number of hydrogen-bond donors (Lipinski definition) is 1. The van der Waals surface area contributed by atoms with Gasteiger partial charge in [0.15, 0.2) is 0 Å². The number of nitrogens with zero attached hydrogens (tertiary/aromatic N) is 5. The SMILES string of the molecule is CN(C)C(=O)N(C)Cc1cc(Oc2ccc3c(ccn3C(=O)O)c2)ncn1. The second kappa shape index (κ2) is 7.32. The van der Waals surface area contributed by atoms with Crippen molar-refractivity contribution in [3.05, 3.63) is 48.5 Å². The number of aromatic nitrogens is 3. The third-order valence-corrected chi connectivity index (χ3v) is 3.90. The number of benzene rings is 1. The highest BCUT2D eigenvalue weighted by atomic mass is 16.5. The van der Waals surface area contributed by atoms with Gasteiger partial charge in [0.1, 0.15) is 12.1 Å². The Kier molecular flexibility index (Phi) is 4.93. The van der Waals surface area contributed by atoms with Crippen LogP contribution in [0.25, 0.3) is 10.9 Å². The summed E-state index contributed by atoms with van der Waals surface area (Å²) in [4.78, 5) is 34.4. The Bertz CT molecular complexity index is 998. The van der Waals surface area contributed by atoms with Crippen LogP contribution in [-0.4, -0.2) is 62.7 Å². The Labute approximate surface area is 155 Å². The molecule has 2 amide bonds. The van der Waals surface area contributed by atoms with E-state index in [1.807, 2.05) is 0 Å². The van der Waals surface area contributed by atoms with Gasteiger partial charge in [0, 0.05) is 38.8 Å².